The molecule has 5 heteroatoms. The van der Waals surface area contributed by atoms with E-state index < -0.39 is 6.29 Å². The third-order valence-corrected chi connectivity index (χ3v) is 8.29. The molecule has 2 aromatic carbocycles. The molecule has 1 aliphatic heterocycles. The summed E-state index contributed by atoms with van der Waals surface area (Å²) in [5.74, 6) is 1.41. The molecule has 4 rings (SSSR count). The number of fused-ring (bicyclic) bond motifs is 2. The van der Waals surface area contributed by atoms with Crippen LogP contribution in [0.1, 0.15) is 99.1 Å². The Labute approximate surface area is 216 Å². The van der Waals surface area contributed by atoms with Crippen LogP contribution in [0.15, 0.2) is 42.5 Å². The molecular weight excluding hydrogens is 450 g/mol. The predicted molar refractivity (Wildman–Crippen MR) is 142 cm³/mol. The van der Waals surface area contributed by atoms with Gasteiger partial charge in [-0.25, -0.2) is 0 Å². The van der Waals surface area contributed by atoms with E-state index in [2.05, 4.69) is 59.7 Å². The van der Waals surface area contributed by atoms with E-state index in [4.69, 9.17) is 9.47 Å². The van der Waals surface area contributed by atoms with Crippen molar-refractivity contribution >= 4 is 11.8 Å². The van der Waals surface area contributed by atoms with Crippen LogP contribution in [0.25, 0.3) is 0 Å². The van der Waals surface area contributed by atoms with Crippen molar-refractivity contribution in [1.29, 1.82) is 0 Å². The zero-order valence-electron chi connectivity index (χ0n) is 22.9. The lowest BCUT2D eigenvalue weighted by Crippen LogP contribution is -2.38. The highest BCUT2D eigenvalue weighted by atomic mass is 16.7. The third kappa shape index (κ3) is 5.08. The monoisotopic (exact) mass is 491 g/mol. The first-order valence-corrected chi connectivity index (χ1v) is 13.3. The van der Waals surface area contributed by atoms with Crippen molar-refractivity contribution in [3.8, 4) is 5.75 Å². The van der Waals surface area contributed by atoms with Gasteiger partial charge in [-0.3, -0.25) is 14.5 Å². The van der Waals surface area contributed by atoms with Crippen molar-refractivity contribution < 1.29 is 19.1 Å². The number of imide groups is 1. The van der Waals surface area contributed by atoms with Crippen LogP contribution in [0.3, 0.4) is 0 Å². The second-order valence-corrected chi connectivity index (χ2v) is 12.1. The molecule has 1 heterocycles. The first-order chi connectivity index (χ1) is 16.9. The standard InChI is InChI=1S/C31H41NO4/c1-8-31(6,7)27-23-15-14-22(19-21(23)13-16-26(27)30(3,4)5)36-20(2)35-18-17-32-28(33)24-11-9-10-12-25(24)29(32)34/h9-12,14-15,19-20,26-27H,8,13,16-18H2,1-7H3. The SMILES string of the molecule is CCC(C)(C)C1c2ccc(OC(C)OCCN3C(=O)c4ccccc4C3=O)cc2CCC1C(C)(C)C. The number of benzene rings is 2. The summed E-state index contributed by atoms with van der Waals surface area (Å²) in [6, 6.07) is 13.4. The van der Waals surface area contributed by atoms with Crippen molar-refractivity contribution in [2.24, 2.45) is 16.7 Å². The van der Waals surface area contributed by atoms with Crippen LogP contribution in [-0.4, -0.2) is 36.2 Å². The zero-order chi connectivity index (χ0) is 26.3. The fourth-order valence-corrected chi connectivity index (χ4v) is 5.97. The van der Waals surface area contributed by atoms with Gasteiger partial charge in [-0.1, -0.05) is 66.2 Å². The molecular formula is C31H41NO4. The van der Waals surface area contributed by atoms with E-state index in [0.717, 1.165) is 18.6 Å². The second kappa shape index (κ2) is 10.0. The van der Waals surface area contributed by atoms with Gasteiger partial charge in [-0.15, -0.1) is 0 Å². The van der Waals surface area contributed by atoms with Crippen LogP contribution in [0.2, 0.25) is 0 Å². The molecule has 36 heavy (non-hydrogen) atoms. The van der Waals surface area contributed by atoms with Gasteiger partial charge in [0.15, 0.2) is 6.29 Å². The molecule has 0 aromatic heterocycles. The second-order valence-electron chi connectivity index (χ2n) is 12.1. The Balaban J connectivity index is 1.39. The summed E-state index contributed by atoms with van der Waals surface area (Å²) < 4.78 is 11.9. The first kappa shape index (κ1) is 26.4. The Kier molecular flexibility index (Phi) is 7.34. The number of rotatable bonds is 8. The molecule has 0 fully saturated rings. The first-order valence-electron chi connectivity index (χ1n) is 13.3. The van der Waals surface area contributed by atoms with Crippen LogP contribution in [-0.2, 0) is 11.2 Å². The maximum absolute atomic E-state index is 12.5. The van der Waals surface area contributed by atoms with Crippen LogP contribution >= 0.6 is 0 Å². The lowest BCUT2D eigenvalue weighted by molar-refractivity contribution is -0.0690. The molecule has 0 saturated carbocycles. The summed E-state index contributed by atoms with van der Waals surface area (Å²) in [4.78, 5) is 26.3. The molecule has 2 aromatic rings. The summed E-state index contributed by atoms with van der Waals surface area (Å²) in [7, 11) is 0. The average molecular weight is 492 g/mol. The van der Waals surface area contributed by atoms with E-state index >= 15 is 0 Å². The van der Waals surface area contributed by atoms with Crippen molar-refractivity contribution in [2.45, 2.75) is 79.9 Å². The van der Waals surface area contributed by atoms with E-state index in [-0.39, 0.29) is 35.8 Å². The number of ether oxygens (including phenoxy) is 2. The largest absolute Gasteiger partial charge is 0.465 e. The molecule has 0 N–H and O–H groups in total. The normalized spacial score (nSPS) is 20.8. The topological polar surface area (TPSA) is 55.8 Å². The highest BCUT2D eigenvalue weighted by Gasteiger charge is 2.44. The van der Waals surface area contributed by atoms with E-state index in [0.29, 0.717) is 23.0 Å². The number of hydrogen-bond acceptors (Lipinski definition) is 4. The minimum absolute atomic E-state index is 0.201. The molecule has 0 saturated heterocycles. The van der Waals surface area contributed by atoms with Crippen molar-refractivity contribution in [2.75, 3.05) is 13.2 Å². The van der Waals surface area contributed by atoms with Crippen LogP contribution in [0.5, 0.6) is 5.75 Å². The fourth-order valence-electron chi connectivity index (χ4n) is 5.97. The van der Waals surface area contributed by atoms with E-state index in [9.17, 15) is 9.59 Å². The smallest absolute Gasteiger partial charge is 0.261 e. The highest BCUT2D eigenvalue weighted by Crippen LogP contribution is 2.54. The molecule has 0 bridgehead atoms. The lowest BCUT2D eigenvalue weighted by atomic mass is 9.56. The molecule has 3 atom stereocenters. The van der Waals surface area contributed by atoms with Gasteiger partial charge >= 0.3 is 0 Å². The maximum Gasteiger partial charge on any atom is 0.261 e. The highest BCUT2D eigenvalue weighted by molar-refractivity contribution is 6.21. The molecule has 194 valence electrons. The quantitative estimate of drug-likeness (QED) is 0.299. The molecule has 2 amide bonds. The van der Waals surface area contributed by atoms with E-state index in [1.807, 2.05) is 6.92 Å². The number of carbonyl (C=O) groups excluding carboxylic acids is 2. The Morgan fingerprint density at radius 2 is 1.64 bits per heavy atom. The lowest BCUT2D eigenvalue weighted by Gasteiger charge is -2.48. The zero-order valence-corrected chi connectivity index (χ0v) is 22.9. The number of carbonyl (C=O) groups is 2. The summed E-state index contributed by atoms with van der Waals surface area (Å²) >= 11 is 0. The minimum atomic E-state index is -0.493. The summed E-state index contributed by atoms with van der Waals surface area (Å²) in [5, 5.41) is 0. The minimum Gasteiger partial charge on any atom is -0.465 e. The number of aryl methyl sites for hydroxylation is 1. The van der Waals surface area contributed by atoms with Gasteiger partial charge in [0.2, 0.25) is 0 Å². The molecule has 3 unspecified atom stereocenters. The summed E-state index contributed by atoms with van der Waals surface area (Å²) in [6.45, 7) is 16.5. The third-order valence-electron chi connectivity index (χ3n) is 8.29. The number of nitrogens with zero attached hydrogens (tertiary/aromatic N) is 1. The van der Waals surface area contributed by atoms with Crippen molar-refractivity contribution in [3.05, 3.63) is 64.7 Å². The average Bonchev–Trinajstić information content (AvgIpc) is 3.07. The number of hydrogen-bond donors (Lipinski definition) is 0. The Morgan fingerprint density at radius 1 is 1.00 bits per heavy atom. The fraction of sp³-hybridized carbons (Fsp3) is 0.548. The molecule has 5 nitrogen and oxygen atoms in total. The molecule has 1 aliphatic carbocycles. The van der Waals surface area contributed by atoms with Gasteiger partial charge in [0.1, 0.15) is 5.75 Å². The maximum atomic E-state index is 12.5. The van der Waals surface area contributed by atoms with E-state index in [1.54, 1.807) is 24.3 Å². The Hall–Kier alpha value is -2.66. The van der Waals surface area contributed by atoms with Gasteiger partial charge in [-0.2, -0.15) is 0 Å². The van der Waals surface area contributed by atoms with Crippen LogP contribution < -0.4 is 4.74 Å². The Bertz CT molecular complexity index is 1090. The van der Waals surface area contributed by atoms with E-state index in [1.165, 1.54) is 22.4 Å². The van der Waals surface area contributed by atoms with Crippen LogP contribution in [0.4, 0.5) is 0 Å². The summed E-state index contributed by atoms with van der Waals surface area (Å²) in [6.07, 6.45) is 2.88. The van der Waals surface area contributed by atoms with Gasteiger partial charge in [0.25, 0.3) is 11.8 Å². The molecule has 0 radical (unpaired) electrons. The summed E-state index contributed by atoms with van der Waals surface area (Å²) in [5.41, 5.74) is 4.22. The number of amides is 2. The molecule has 0 spiro atoms. The predicted octanol–water partition coefficient (Wildman–Crippen LogP) is 6.85. The Morgan fingerprint density at radius 3 is 2.22 bits per heavy atom. The van der Waals surface area contributed by atoms with Crippen molar-refractivity contribution in [1.82, 2.24) is 4.90 Å². The van der Waals surface area contributed by atoms with Gasteiger partial charge in [0.05, 0.1) is 24.3 Å². The van der Waals surface area contributed by atoms with Gasteiger partial charge in [-0.05, 0) is 77.8 Å². The molecule has 2 aliphatic rings. The van der Waals surface area contributed by atoms with Crippen LogP contribution in [0, 0.1) is 16.7 Å². The van der Waals surface area contributed by atoms with Gasteiger partial charge < -0.3 is 9.47 Å². The van der Waals surface area contributed by atoms with Crippen molar-refractivity contribution in [3.63, 3.8) is 0 Å². The van der Waals surface area contributed by atoms with Gasteiger partial charge in [0, 0.05) is 0 Å².